The van der Waals surface area contributed by atoms with Crippen LogP contribution in [0.3, 0.4) is 0 Å². The summed E-state index contributed by atoms with van der Waals surface area (Å²) >= 11 is 8.92. The Morgan fingerprint density at radius 1 is 1.58 bits per heavy atom. The van der Waals surface area contributed by atoms with Gasteiger partial charge in [-0.3, -0.25) is 0 Å². The Hall–Kier alpha value is -0.171. The van der Waals surface area contributed by atoms with Crippen LogP contribution >= 0.6 is 11.6 Å². The van der Waals surface area contributed by atoms with Gasteiger partial charge in [0.2, 0.25) is 0 Å². The van der Waals surface area contributed by atoms with Gasteiger partial charge in [0.15, 0.2) is 0 Å². The van der Waals surface area contributed by atoms with Crippen LogP contribution in [0.25, 0.3) is 0 Å². The number of anilines is 1. The van der Waals surface area contributed by atoms with Gasteiger partial charge in [0.25, 0.3) is 0 Å². The van der Waals surface area contributed by atoms with Crippen LogP contribution in [0.4, 0.5) is 5.69 Å². The van der Waals surface area contributed by atoms with E-state index >= 15 is 0 Å². The molecule has 1 nitrogen and oxygen atoms in total. The van der Waals surface area contributed by atoms with Crippen LogP contribution in [0, 0.1) is 0 Å². The minimum atomic E-state index is 0.554. The van der Waals surface area contributed by atoms with Crippen molar-refractivity contribution in [1.29, 1.82) is 0 Å². The average Bonchev–Trinajstić information content (AvgIpc) is 2.46. The minimum absolute atomic E-state index is 0.554. The van der Waals surface area contributed by atoms with Gasteiger partial charge in [-0.2, -0.15) is 0 Å². The molecule has 1 heterocycles. The molecule has 1 atom stereocenters. The summed E-state index contributed by atoms with van der Waals surface area (Å²) < 4.78 is 0. The molecule has 0 saturated heterocycles. The van der Waals surface area contributed by atoms with Gasteiger partial charge < -0.3 is 0 Å². The van der Waals surface area contributed by atoms with Crippen LogP contribution in [-0.2, 0) is 6.42 Å². The number of rotatable bonds is 1. The molecule has 0 spiro atoms. The summed E-state index contributed by atoms with van der Waals surface area (Å²) in [5, 5.41) is 5.30. The first kappa shape index (κ1) is 8.43. The molecule has 0 saturated carbocycles. The van der Waals surface area contributed by atoms with Crippen LogP contribution in [0.5, 0.6) is 0 Å². The summed E-state index contributed by atoms with van der Waals surface area (Å²) in [6, 6.07) is 6.57. The first-order valence-electron chi connectivity index (χ1n) is 3.92. The molecule has 0 fully saturated rings. The van der Waals surface area contributed by atoms with Crippen LogP contribution in [0.2, 0.25) is 10.3 Å². The fourth-order valence-corrected chi connectivity index (χ4v) is 2.13. The molecule has 1 aliphatic heterocycles. The van der Waals surface area contributed by atoms with Crippen molar-refractivity contribution in [2.24, 2.45) is 0 Å². The van der Waals surface area contributed by atoms with E-state index < -0.39 is 0 Å². The molecular formula is C9H9ClNSe. The second-order valence-electron chi connectivity index (χ2n) is 3.01. The van der Waals surface area contributed by atoms with Crippen molar-refractivity contribution in [3.63, 3.8) is 0 Å². The van der Waals surface area contributed by atoms with E-state index in [0.29, 0.717) is 6.04 Å². The third-order valence-electron chi connectivity index (χ3n) is 2.09. The predicted octanol–water partition coefficient (Wildman–Crippen LogP) is 2.26. The maximum absolute atomic E-state index is 5.88. The molecule has 0 aromatic heterocycles. The maximum atomic E-state index is 5.88. The van der Waals surface area contributed by atoms with Gasteiger partial charge in [0.05, 0.1) is 0 Å². The normalized spacial score (nSPS) is 20.3. The Balaban J connectivity index is 2.30. The van der Waals surface area contributed by atoms with Crippen molar-refractivity contribution in [3.8, 4) is 0 Å². The summed E-state index contributed by atoms with van der Waals surface area (Å²) in [5.74, 6) is 0. The third kappa shape index (κ3) is 1.47. The van der Waals surface area contributed by atoms with E-state index in [1.54, 1.807) is 0 Å². The molecule has 1 aliphatic rings. The zero-order valence-corrected chi connectivity index (χ0v) is 8.98. The van der Waals surface area contributed by atoms with Gasteiger partial charge in [-0.25, -0.2) is 0 Å². The van der Waals surface area contributed by atoms with Crippen LogP contribution in [0.15, 0.2) is 18.2 Å². The van der Waals surface area contributed by atoms with Crippen molar-refractivity contribution in [3.05, 3.63) is 28.8 Å². The summed E-state index contributed by atoms with van der Waals surface area (Å²) in [4.78, 5) is 0. The van der Waals surface area contributed by atoms with Crippen LogP contribution < -0.4 is 5.32 Å². The standard InChI is InChI=1S/C9H9ClNSe/c10-7-1-2-9-6(3-7)4-8(5-12)11-9/h1-3,8,11H,4-5H2. The molecule has 3 heteroatoms. The molecule has 63 valence electrons. The molecule has 0 bridgehead atoms. The molecule has 1 aromatic carbocycles. The van der Waals surface area contributed by atoms with E-state index in [1.165, 1.54) is 11.3 Å². The molecule has 1 N–H and O–H groups in total. The number of hydrogen-bond acceptors (Lipinski definition) is 1. The van der Waals surface area contributed by atoms with E-state index in [0.717, 1.165) is 16.8 Å². The van der Waals surface area contributed by atoms with Crippen molar-refractivity contribution in [2.75, 3.05) is 5.32 Å². The number of hydrogen-bond donors (Lipinski definition) is 1. The number of benzene rings is 1. The monoisotopic (exact) mass is 246 g/mol. The third-order valence-corrected chi connectivity index (χ3v) is 3.17. The van der Waals surface area contributed by atoms with E-state index in [4.69, 9.17) is 11.6 Å². The Labute approximate surface area is 85.3 Å². The van der Waals surface area contributed by atoms with E-state index in [9.17, 15) is 0 Å². The van der Waals surface area contributed by atoms with Crippen LogP contribution in [0.1, 0.15) is 5.56 Å². The first-order chi connectivity index (χ1) is 5.79. The Bertz CT molecular complexity index is 301. The molecule has 1 unspecified atom stereocenters. The van der Waals surface area contributed by atoms with Gasteiger partial charge in [0.1, 0.15) is 0 Å². The summed E-state index contributed by atoms with van der Waals surface area (Å²) in [6.45, 7) is 0. The molecule has 0 amide bonds. The summed E-state index contributed by atoms with van der Waals surface area (Å²) in [6.07, 6.45) is 1.09. The summed E-state index contributed by atoms with van der Waals surface area (Å²) in [5.41, 5.74) is 2.57. The fraction of sp³-hybridized carbons (Fsp3) is 0.333. The quantitative estimate of drug-likeness (QED) is 0.749. The first-order valence-corrected chi connectivity index (χ1v) is 5.51. The second kappa shape index (κ2) is 3.29. The van der Waals surface area contributed by atoms with Gasteiger partial charge in [0, 0.05) is 0 Å². The van der Waals surface area contributed by atoms with Crippen molar-refractivity contribution in [2.45, 2.75) is 17.8 Å². The van der Waals surface area contributed by atoms with Crippen molar-refractivity contribution >= 4 is 33.3 Å². The van der Waals surface area contributed by atoms with E-state index in [-0.39, 0.29) is 0 Å². The van der Waals surface area contributed by atoms with Crippen molar-refractivity contribution in [1.82, 2.24) is 0 Å². The number of nitrogens with one attached hydrogen (secondary N) is 1. The SMILES string of the molecule is Clc1ccc2c(c1)CC(C[Se])N2. The van der Waals surface area contributed by atoms with Gasteiger partial charge in [-0.15, -0.1) is 0 Å². The van der Waals surface area contributed by atoms with Gasteiger partial charge >= 0.3 is 85.2 Å². The number of halogens is 1. The second-order valence-corrected chi connectivity index (χ2v) is 4.15. The predicted molar refractivity (Wildman–Crippen MR) is 53.1 cm³/mol. The fourth-order valence-electron chi connectivity index (χ4n) is 1.51. The number of fused-ring (bicyclic) bond motifs is 1. The molecule has 2 rings (SSSR count). The topological polar surface area (TPSA) is 12.0 Å². The molecule has 0 aliphatic carbocycles. The average molecular weight is 246 g/mol. The molecule has 12 heavy (non-hydrogen) atoms. The summed E-state index contributed by atoms with van der Waals surface area (Å²) in [7, 11) is 0. The van der Waals surface area contributed by atoms with Crippen LogP contribution in [-0.4, -0.2) is 22.1 Å². The van der Waals surface area contributed by atoms with Gasteiger partial charge in [-0.05, 0) is 0 Å². The van der Waals surface area contributed by atoms with Crippen molar-refractivity contribution < 1.29 is 0 Å². The van der Waals surface area contributed by atoms with Gasteiger partial charge in [-0.1, -0.05) is 0 Å². The zero-order chi connectivity index (χ0) is 8.55. The molecule has 1 aromatic rings. The Morgan fingerprint density at radius 2 is 2.42 bits per heavy atom. The molecular weight excluding hydrogens is 237 g/mol. The molecule has 1 radical (unpaired) electrons. The van der Waals surface area contributed by atoms with E-state index in [2.05, 4.69) is 21.3 Å². The van der Waals surface area contributed by atoms with E-state index in [1.807, 2.05) is 18.2 Å². The Kier molecular flexibility index (Phi) is 2.31. The zero-order valence-electron chi connectivity index (χ0n) is 6.51. The Morgan fingerprint density at radius 3 is 3.17 bits per heavy atom.